The van der Waals surface area contributed by atoms with Crippen LogP contribution in [0.2, 0.25) is 0 Å². The first kappa shape index (κ1) is 15.0. The maximum absolute atomic E-state index is 6.02. The molecular weight excluding hydrogens is 210 g/mol. The van der Waals surface area contributed by atoms with Crippen LogP contribution in [-0.2, 0) is 4.74 Å². The zero-order valence-corrected chi connectivity index (χ0v) is 12.2. The van der Waals surface area contributed by atoms with Gasteiger partial charge >= 0.3 is 0 Å². The molecule has 0 aromatic heterocycles. The van der Waals surface area contributed by atoms with Gasteiger partial charge in [-0.1, -0.05) is 26.7 Å². The van der Waals surface area contributed by atoms with Crippen LogP contribution in [0, 0.1) is 5.41 Å². The zero-order valence-electron chi connectivity index (χ0n) is 12.2. The standard InChI is InChI=1S/C15H31NO/c1-5-7-10-15(6-2,12-16-4)11-14-9-8-13(3)17-14/h13-14,16H,5-12H2,1-4H3. The molecule has 3 unspecified atom stereocenters. The van der Waals surface area contributed by atoms with Gasteiger partial charge in [0.15, 0.2) is 0 Å². The summed E-state index contributed by atoms with van der Waals surface area (Å²) in [6.07, 6.45) is 10.00. The van der Waals surface area contributed by atoms with Crippen molar-refractivity contribution < 1.29 is 4.74 Å². The van der Waals surface area contributed by atoms with Crippen molar-refractivity contribution in [2.24, 2.45) is 5.41 Å². The lowest BCUT2D eigenvalue weighted by Gasteiger charge is -2.35. The molecule has 1 aliphatic heterocycles. The van der Waals surface area contributed by atoms with Crippen LogP contribution in [0.1, 0.15) is 65.7 Å². The van der Waals surface area contributed by atoms with Crippen LogP contribution in [0.5, 0.6) is 0 Å². The van der Waals surface area contributed by atoms with Crippen LogP contribution in [-0.4, -0.2) is 25.8 Å². The second-order valence-corrected chi connectivity index (χ2v) is 5.84. The van der Waals surface area contributed by atoms with Gasteiger partial charge in [0.05, 0.1) is 12.2 Å². The van der Waals surface area contributed by atoms with Gasteiger partial charge in [-0.3, -0.25) is 0 Å². The maximum Gasteiger partial charge on any atom is 0.0585 e. The van der Waals surface area contributed by atoms with Crippen LogP contribution < -0.4 is 5.32 Å². The molecule has 0 aliphatic carbocycles. The van der Waals surface area contributed by atoms with Crippen LogP contribution >= 0.6 is 0 Å². The third-order valence-electron chi connectivity index (χ3n) is 4.34. The number of rotatable bonds is 8. The van der Waals surface area contributed by atoms with Crippen molar-refractivity contribution in [2.45, 2.75) is 77.9 Å². The van der Waals surface area contributed by atoms with E-state index in [0.29, 0.717) is 17.6 Å². The summed E-state index contributed by atoms with van der Waals surface area (Å²) in [6.45, 7) is 7.97. The third-order valence-corrected chi connectivity index (χ3v) is 4.34. The van der Waals surface area contributed by atoms with Gasteiger partial charge in [0.1, 0.15) is 0 Å². The summed E-state index contributed by atoms with van der Waals surface area (Å²) in [6, 6.07) is 0. The minimum atomic E-state index is 0.458. The Morgan fingerprint density at radius 1 is 1.29 bits per heavy atom. The van der Waals surface area contributed by atoms with E-state index >= 15 is 0 Å². The number of ether oxygens (including phenoxy) is 1. The molecule has 0 radical (unpaired) electrons. The molecule has 17 heavy (non-hydrogen) atoms. The molecule has 1 rings (SSSR count). The largest absolute Gasteiger partial charge is 0.375 e. The summed E-state index contributed by atoms with van der Waals surface area (Å²) in [5.41, 5.74) is 0.458. The molecule has 0 bridgehead atoms. The summed E-state index contributed by atoms with van der Waals surface area (Å²) in [5, 5.41) is 3.40. The first-order valence-corrected chi connectivity index (χ1v) is 7.46. The molecule has 0 aromatic carbocycles. The normalized spacial score (nSPS) is 28.2. The van der Waals surface area contributed by atoms with Gasteiger partial charge in [-0.2, -0.15) is 0 Å². The fraction of sp³-hybridized carbons (Fsp3) is 1.00. The lowest BCUT2D eigenvalue weighted by molar-refractivity contribution is 0.0174. The Balaban J connectivity index is 2.54. The molecule has 2 nitrogen and oxygen atoms in total. The van der Waals surface area contributed by atoms with Crippen LogP contribution in [0.4, 0.5) is 0 Å². The summed E-state index contributed by atoms with van der Waals surface area (Å²) in [5.74, 6) is 0. The number of nitrogens with one attached hydrogen (secondary N) is 1. The Morgan fingerprint density at radius 3 is 2.53 bits per heavy atom. The molecule has 0 spiro atoms. The van der Waals surface area contributed by atoms with E-state index in [1.165, 1.54) is 44.9 Å². The van der Waals surface area contributed by atoms with E-state index in [1.807, 2.05) is 0 Å². The Hall–Kier alpha value is -0.0800. The van der Waals surface area contributed by atoms with E-state index in [4.69, 9.17) is 4.74 Å². The number of unbranched alkanes of at least 4 members (excludes halogenated alkanes) is 1. The summed E-state index contributed by atoms with van der Waals surface area (Å²) in [7, 11) is 2.08. The lowest BCUT2D eigenvalue weighted by atomic mass is 9.75. The molecule has 0 saturated carbocycles. The van der Waals surface area contributed by atoms with Gasteiger partial charge in [-0.25, -0.2) is 0 Å². The average molecular weight is 241 g/mol. The number of hydrogen-bond acceptors (Lipinski definition) is 2. The molecule has 2 heteroatoms. The van der Waals surface area contributed by atoms with Gasteiger partial charge in [0.2, 0.25) is 0 Å². The highest BCUT2D eigenvalue weighted by Gasteiger charge is 2.33. The quantitative estimate of drug-likeness (QED) is 0.699. The van der Waals surface area contributed by atoms with Crippen molar-refractivity contribution in [2.75, 3.05) is 13.6 Å². The molecule has 1 aliphatic rings. The van der Waals surface area contributed by atoms with Crippen molar-refractivity contribution in [3.05, 3.63) is 0 Å². The van der Waals surface area contributed by atoms with E-state index in [2.05, 4.69) is 33.1 Å². The Kier molecular flexibility index (Phi) is 6.50. The lowest BCUT2D eigenvalue weighted by Crippen LogP contribution is -2.35. The van der Waals surface area contributed by atoms with E-state index < -0.39 is 0 Å². The van der Waals surface area contributed by atoms with Gasteiger partial charge in [0.25, 0.3) is 0 Å². The van der Waals surface area contributed by atoms with Crippen LogP contribution in [0.3, 0.4) is 0 Å². The van der Waals surface area contributed by atoms with E-state index in [-0.39, 0.29) is 0 Å². The first-order chi connectivity index (χ1) is 8.15. The van der Waals surface area contributed by atoms with Crippen molar-refractivity contribution in [3.8, 4) is 0 Å². The minimum absolute atomic E-state index is 0.458. The Bertz CT molecular complexity index is 207. The fourth-order valence-electron chi connectivity index (χ4n) is 3.15. The van der Waals surface area contributed by atoms with Crippen LogP contribution in [0.25, 0.3) is 0 Å². The second kappa shape index (κ2) is 7.38. The number of hydrogen-bond donors (Lipinski definition) is 1. The van der Waals surface area contributed by atoms with Gasteiger partial charge in [-0.15, -0.1) is 0 Å². The maximum atomic E-state index is 6.02. The second-order valence-electron chi connectivity index (χ2n) is 5.84. The van der Waals surface area contributed by atoms with Gasteiger partial charge in [0, 0.05) is 6.54 Å². The predicted octanol–water partition coefficient (Wildman–Crippen LogP) is 3.75. The SMILES string of the molecule is CCCCC(CC)(CNC)CC1CCC(C)O1. The monoisotopic (exact) mass is 241 g/mol. The molecule has 102 valence electrons. The van der Waals surface area contributed by atoms with E-state index in [1.54, 1.807) is 0 Å². The van der Waals surface area contributed by atoms with Crippen molar-refractivity contribution in [3.63, 3.8) is 0 Å². The summed E-state index contributed by atoms with van der Waals surface area (Å²) >= 11 is 0. The molecule has 1 heterocycles. The van der Waals surface area contributed by atoms with E-state index in [0.717, 1.165) is 6.54 Å². The van der Waals surface area contributed by atoms with Crippen LogP contribution in [0.15, 0.2) is 0 Å². The third kappa shape index (κ3) is 4.59. The molecule has 1 fully saturated rings. The summed E-state index contributed by atoms with van der Waals surface area (Å²) in [4.78, 5) is 0. The molecule has 0 amide bonds. The Labute approximate surface area is 108 Å². The predicted molar refractivity (Wildman–Crippen MR) is 74.4 cm³/mol. The van der Waals surface area contributed by atoms with E-state index in [9.17, 15) is 0 Å². The van der Waals surface area contributed by atoms with Crippen molar-refractivity contribution in [1.29, 1.82) is 0 Å². The summed E-state index contributed by atoms with van der Waals surface area (Å²) < 4.78 is 6.02. The highest BCUT2D eigenvalue weighted by Crippen LogP contribution is 2.37. The Morgan fingerprint density at radius 2 is 2.06 bits per heavy atom. The van der Waals surface area contributed by atoms with Gasteiger partial charge in [-0.05, 0) is 51.5 Å². The average Bonchev–Trinajstić information content (AvgIpc) is 2.72. The highest BCUT2D eigenvalue weighted by molar-refractivity contribution is 4.85. The zero-order chi connectivity index (χ0) is 12.7. The smallest absolute Gasteiger partial charge is 0.0585 e. The topological polar surface area (TPSA) is 21.3 Å². The first-order valence-electron chi connectivity index (χ1n) is 7.46. The molecule has 0 aromatic rings. The molecular formula is C15H31NO. The van der Waals surface area contributed by atoms with Gasteiger partial charge < -0.3 is 10.1 Å². The van der Waals surface area contributed by atoms with Crippen molar-refractivity contribution in [1.82, 2.24) is 5.32 Å². The highest BCUT2D eigenvalue weighted by atomic mass is 16.5. The van der Waals surface area contributed by atoms with Crippen molar-refractivity contribution >= 4 is 0 Å². The fourth-order valence-corrected chi connectivity index (χ4v) is 3.15. The molecule has 1 saturated heterocycles. The molecule has 3 atom stereocenters. The molecule has 1 N–H and O–H groups in total. The minimum Gasteiger partial charge on any atom is -0.375 e.